The summed E-state index contributed by atoms with van der Waals surface area (Å²) in [6.45, 7) is 7.79. The Hall–Kier alpha value is -0.980. The van der Waals surface area contributed by atoms with Crippen LogP contribution in [0.15, 0.2) is 36.1 Å². The van der Waals surface area contributed by atoms with Gasteiger partial charge >= 0.3 is 0 Å². The van der Waals surface area contributed by atoms with Crippen molar-refractivity contribution in [2.75, 3.05) is 0 Å². The van der Waals surface area contributed by atoms with Crippen molar-refractivity contribution in [3.8, 4) is 0 Å². The van der Waals surface area contributed by atoms with Crippen LogP contribution in [0.25, 0.3) is 0 Å². The molecule has 0 aliphatic carbocycles. The van der Waals surface area contributed by atoms with E-state index in [1.165, 1.54) is 5.57 Å². The first-order valence-corrected chi connectivity index (χ1v) is 4.43. The van der Waals surface area contributed by atoms with Gasteiger partial charge in [-0.25, -0.2) is 0 Å². The van der Waals surface area contributed by atoms with Crippen LogP contribution in [0.3, 0.4) is 0 Å². The fraction of sp³-hybridized carbons (Fsp3) is 0.455. The summed E-state index contributed by atoms with van der Waals surface area (Å²) in [5, 5.41) is 0. The molecule has 1 heteroatoms. The fourth-order valence-electron chi connectivity index (χ4n) is 1.39. The maximum Gasteiger partial charge on any atom is 0.118 e. The molecule has 1 aliphatic heterocycles. The van der Waals surface area contributed by atoms with Crippen molar-refractivity contribution < 1.29 is 4.74 Å². The highest BCUT2D eigenvalue weighted by atomic mass is 16.5. The Kier molecular flexibility index (Phi) is 3.15. The molecule has 0 N–H and O–H groups in total. The van der Waals surface area contributed by atoms with Crippen molar-refractivity contribution in [1.29, 1.82) is 0 Å². The predicted molar refractivity (Wildman–Crippen MR) is 51.8 cm³/mol. The zero-order valence-electron chi connectivity index (χ0n) is 7.84. The van der Waals surface area contributed by atoms with Gasteiger partial charge in [0.05, 0.1) is 6.10 Å². The average Bonchev–Trinajstić information content (AvgIpc) is 2.08. The van der Waals surface area contributed by atoms with Gasteiger partial charge in [0.15, 0.2) is 0 Å². The Morgan fingerprint density at radius 3 is 2.92 bits per heavy atom. The third-order valence-corrected chi connectivity index (χ3v) is 2.05. The van der Waals surface area contributed by atoms with E-state index in [1.54, 1.807) is 0 Å². The van der Waals surface area contributed by atoms with Gasteiger partial charge in [-0.1, -0.05) is 18.7 Å². The van der Waals surface area contributed by atoms with Gasteiger partial charge in [0.2, 0.25) is 0 Å². The van der Waals surface area contributed by atoms with Crippen molar-refractivity contribution in [2.24, 2.45) is 0 Å². The lowest BCUT2D eigenvalue weighted by atomic mass is 10.0. The summed E-state index contributed by atoms with van der Waals surface area (Å²) in [4.78, 5) is 0. The molecule has 1 saturated heterocycles. The number of hydrogen-bond acceptors (Lipinski definition) is 1. The molecule has 0 bridgehead atoms. The molecule has 1 unspecified atom stereocenters. The number of ether oxygens (including phenoxy) is 1. The second-order valence-electron chi connectivity index (χ2n) is 3.05. The van der Waals surface area contributed by atoms with Gasteiger partial charge in [-0.15, -0.1) is 0 Å². The summed E-state index contributed by atoms with van der Waals surface area (Å²) in [6.07, 6.45) is 8.44. The van der Waals surface area contributed by atoms with E-state index in [0.717, 1.165) is 18.6 Å². The van der Waals surface area contributed by atoms with E-state index in [9.17, 15) is 0 Å². The van der Waals surface area contributed by atoms with Crippen molar-refractivity contribution >= 4 is 0 Å². The van der Waals surface area contributed by atoms with Crippen molar-refractivity contribution in [3.63, 3.8) is 0 Å². The van der Waals surface area contributed by atoms with Crippen LogP contribution in [0.4, 0.5) is 0 Å². The summed E-state index contributed by atoms with van der Waals surface area (Å²) in [5.41, 5.74) is 1.27. The molecule has 66 valence electrons. The first-order chi connectivity index (χ1) is 5.77. The first kappa shape index (κ1) is 9.11. The molecule has 0 spiro atoms. The number of rotatable bonds is 1. The third kappa shape index (κ3) is 2.00. The summed E-state index contributed by atoms with van der Waals surface area (Å²) in [6, 6.07) is 0. The van der Waals surface area contributed by atoms with Crippen LogP contribution < -0.4 is 0 Å². The molecule has 0 aromatic heterocycles. The van der Waals surface area contributed by atoms with Gasteiger partial charge in [0, 0.05) is 0 Å². The molecular weight excluding hydrogens is 148 g/mol. The van der Waals surface area contributed by atoms with Crippen LogP contribution in [0.2, 0.25) is 0 Å². The Labute approximate surface area is 74.4 Å². The second kappa shape index (κ2) is 4.15. The largest absolute Gasteiger partial charge is 0.491 e. The van der Waals surface area contributed by atoms with Crippen LogP contribution in [-0.4, -0.2) is 6.10 Å². The van der Waals surface area contributed by atoms with E-state index >= 15 is 0 Å². The highest BCUT2D eigenvalue weighted by Gasteiger charge is 2.16. The Balaban J connectivity index is 2.76. The minimum absolute atomic E-state index is 0.359. The van der Waals surface area contributed by atoms with Crippen molar-refractivity contribution in [2.45, 2.75) is 32.8 Å². The van der Waals surface area contributed by atoms with Gasteiger partial charge in [-0.2, -0.15) is 0 Å². The molecule has 0 saturated carbocycles. The SMILES string of the molecule is C=C/C=C1/CCC(C)O/C1=C/C. The van der Waals surface area contributed by atoms with Crippen LogP contribution >= 0.6 is 0 Å². The molecule has 1 aliphatic rings. The van der Waals surface area contributed by atoms with Crippen LogP contribution in [0.5, 0.6) is 0 Å². The third-order valence-electron chi connectivity index (χ3n) is 2.05. The Bertz CT molecular complexity index is 223. The van der Waals surface area contributed by atoms with E-state index in [4.69, 9.17) is 4.74 Å². The molecule has 1 heterocycles. The van der Waals surface area contributed by atoms with Gasteiger partial charge < -0.3 is 4.74 Å². The zero-order chi connectivity index (χ0) is 8.97. The molecule has 0 aromatic carbocycles. The smallest absolute Gasteiger partial charge is 0.118 e. The Morgan fingerprint density at radius 1 is 1.58 bits per heavy atom. The van der Waals surface area contributed by atoms with Crippen LogP contribution in [0.1, 0.15) is 26.7 Å². The zero-order valence-corrected chi connectivity index (χ0v) is 7.84. The molecule has 1 rings (SSSR count). The summed E-state index contributed by atoms with van der Waals surface area (Å²) < 4.78 is 5.65. The van der Waals surface area contributed by atoms with Crippen LogP contribution in [0, 0.1) is 0 Å². The second-order valence-corrected chi connectivity index (χ2v) is 3.05. The first-order valence-electron chi connectivity index (χ1n) is 4.43. The van der Waals surface area contributed by atoms with E-state index in [1.807, 2.05) is 25.2 Å². The summed E-state index contributed by atoms with van der Waals surface area (Å²) in [7, 11) is 0. The quantitative estimate of drug-likeness (QED) is 0.578. The minimum atomic E-state index is 0.359. The minimum Gasteiger partial charge on any atom is -0.491 e. The number of allylic oxidation sites excluding steroid dienone is 4. The monoisotopic (exact) mass is 164 g/mol. The Morgan fingerprint density at radius 2 is 2.33 bits per heavy atom. The van der Waals surface area contributed by atoms with Gasteiger partial charge in [0.25, 0.3) is 0 Å². The lowest BCUT2D eigenvalue weighted by Crippen LogP contribution is -2.15. The van der Waals surface area contributed by atoms with E-state index in [2.05, 4.69) is 13.5 Å². The topological polar surface area (TPSA) is 9.23 Å². The van der Waals surface area contributed by atoms with E-state index < -0.39 is 0 Å². The lowest BCUT2D eigenvalue weighted by Gasteiger charge is -2.25. The molecule has 0 aromatic rings. The van der Waals surface area contributed by atoms with E-state index in [-0.39, 0.29) is 0 Å². The predicted octanol–water partition coefficient (Wildman–Crippen LogP) is 3.20. The van der Waals surface area contributed by atoms with Crippen molar-refractivity contribution in [3.05, 3.63) is 36.1 Å². The molecule has 1 nitrogen and oxygen atoms in total. The van der Waals surface area contributed by atoms with Crippen molar-refractivity contribution in [1.82, 2.24) is 0 Å². The summed E-state index contributed by atoms with van der Waals surface area (Å²) >= 11 is 0. The highest BCUT2D eigenvalue weighted by Crippen LogP contribution is 2.26. The fourth-order valence-corrected chi connectivity index (χ4v) is 1.39. The molecule has 0 radical (unpaired) electrons. The van der Waals surface area contributed by atoms with Crippen LogP contribution in [-0.2, 0) is 4.74 Å². The standard InChI is InChI=1S/C11H16O/c1-4-6-10-8-7-9(3)12-11(10)5-2/h4-6,9H,1,7-8H2,2-3H3/b10-6-,11-5+. The number of hydrogen-bond donors (Lipinski definition) is 0. The molecule has 0 amide bonds. The molecule has 1 atom stereocenters. The maximum atomic E-state index is 5.65. The maximum absolute atomic E-state index is 5.65. The van der Waals surface area contributed by atoms with Gasteiger partial charge in [-0.3, -0.25) is 0 Å². The lowest BCUT2D eigenvalue weighted by molar-refractivity contribution is 0.110. The van der Waals surface area contributed by atoms with Gasteiger partial charge in [-0.05, 0) is 38.3 Å². The average molecular weight is 164 g/mol. The molecule has 12 heavy (non-hydrogen) atoms. The molecule has 1 fully saturated rings. The normalized spacial score (nSPS) is 30.3. The van der Waals surface area contributed by atoms with E-state index in [0.29, 0.717) is 6.10 Å². The van der Waals surface area contributed by atoms with Gasteiger partial charge in [0.1, 0.15) is 5.76 Å². The summed E-state index contributed by atoms with van der Waals surface area (Å²) in [5.74, 6) is 1.02. The highest BCUT2D eigenvalue weighted by molar-refractivity contribution is 5.30. The molecular formula is C11H16O.